The molecule has 1 N–H and O–H groups in total. The molecule has 0 amide bonds. The average molecular weight is 439 g/mol. The Morgan fingerprint density at radius 1 is 1.00 bits per heavy atom. The highest BCUT2D eigenvalue weighted by Gasteiger charge is 2.64. The van der Waals surface area contributed by atoms with Crippen molar-refractivity contribution in [2.45, 2.75) is 103 Å². The fourth-order valence-electron chi connectivity index (χ4n) is 9.08. The molecule has 0 radical (unpaired) electrons. The van der Waals surface area contributed by atoms with E-state index in [1.807, 2.05) is 0 Å². The van der Waals surface area contributed by atoms with Crippen LogP contribution in [0.2, 0.25) is 0 Å². The lowest BCUT2D eigenvalue weighted by Gasteiger charge is -2.61. The Morgan fingerprint density at radius 3 is 2.50 bits per heavy atom. The quantitative estimate of drug-likeness (QED) is 0.559. The molecule has 4 fully saturated rings. The number of fused-ring (bicyclic) bond motifs is 5. The topological polar surface area (TPSA) is 46.5 Å². The molecule has 5 rings (SSSR count). The predicted molar refractivity (Wildman–Crippen MR) is 127 cm³/mol. The van der Waals surface area contributed by atoms with Crippen molar-refractivity contribution in [2.75, 3.05) is 0 Å². The fraction of sp³-hybridized carbons (Fsp3) is 0.759. The van der Waals surface area contributed by atoms with Crippen molar-refractivity contribution in [3.63, 3.8) is 0 Å². The summed E-state index contributed by atoms with van der Waals surface area (Å²) < 4.78 is 5.63. The SMILES string of the molecule is CC(=O)O[C@H]1CC[C@@]2(C)[C@H](CC[C@@H]3[C@@H]2CC[C@@]2(C)[C@H]3CC[C@]2(O)CCc2ccccc2)C1. The second-order valence-corrected chi connectivity index (χ2v) is 12.2. The normalized spacial score (nSPS) is 45.4. The Morgan fingerprint density at radius 2 is 1.75 bits per heavy atom. The van der Waals surface area contributed by atoms with E-state index in [-0.39, 0.29) is 17.5 Å². The average Bonchev–Trinajstić information content (AvgIpc) is 3.04. The second kappa shape index (κ2) is 8.15. The van der Waals surface area contributed by atoms with Gasteiger partial charge in [-0.2, -0.15) is 0 Å². The van der Waals surface area contributed by atoms with Gasteiger partial charge in [-0.3, -0.25) is 4.79 Å². The Kier molecular flexibility index (Phi) is 5.72. The Balaban J connectivity index is 1.31. The summed E-state index contributed by atoms with van der Waals surface area (Å²) in [7, 11) is 0. The summed E-state index contributed by atoms with van der Waals surface area (Å²) >= 11 is 0. The molecule has 0 bridgehead atoms. The number of aliphatic hydroxyl groups is 1. The fourth-order valence-corrected chi connectivity index (χ4v) is 9.08. The van der Waals surface area contributed by atoms with E-state index in [0.29, 0.717) is 17.3 Å². The maximum atomic E-state index is 12.0. The van der Waals surface area contributed by atoms with Crippen LogP contribution in [0.4, 0.5) is 0 Å². The number of carbonyl (C=O) groups is 1. The van der Waals surface area contributed by atoms with Gasteiger partial charge >= 0.3 is 5.97 Å². The molecule has 3 nitrogen and oxygen atoms in total. The lowest BCUT2D eigenvalue weighted by molar-refractivity contribution is -0.170. The Hall–Kier alpha value is -1.35. The number of carbonyl (C=O) groups excluding carboxylic acids is 1. The number of hydrogen-bond acceptors (Lipinski definition) is 3. The Labute approximate surface area is 194 Å². The van der Waals surface area contributed by atoms with Gasteiger partial charge in [0.25, 0.3) is 0 Å². The minimum Gasteiger partial charge on any atom is -0.463 e. The van der Waals surface area contributed by atoms with Gasteiger partial charge in [0.05, 0.1) is 5.60 Å². The molecule has 8 atom stereocenters. The van der Waals surface area contributed by atoms with E-state index in [9.17, 15) is 9.90 Å². The lowest BCUT2D eigenvalue weighted by atomic mass is 9.44. The number of esters is 1. The molecular weight excluding hydrogens is 396 g/mol. The van der Waals surface area contributed by atoms with Gasteiger partial charge in [0.1, 0.15) is 6.10 Å². The maximum absolute atomic E-state index is 12.0. The maximum Gasteiger partial charge on any atom is 0.302 e. The van der Waals surface area contributed by atoms with Gasteiger partial charge in [0.15, 0.2) is 0 Å². The largest absolute Gasteiger partial charge is 0.463 e. The number of ether oxygens (including phenoxy) is 1. The molecule has 0 spiro atoms. The standard InChI is InChI=1S/C29H42O3/c1-20(30)32-23-12-15-27(2)22(19-23)9-10-24-25(27)13-16-28(3)26(24)14-18-29(28,31)17-11-21-7-5-4-6-8-21/h4-8,22-26,31H,9-19H2,1-3H3/t22-,23+,24-,25+,26+,27+,28+,29-/m1/s1. The molecule has 176 valence electrons. The highest BCUT2D eigenvalue weighted by Crippen LogP contribution is 2.68. The molecule has 1 aromatic rings. The third-order valence-electron chi connectivity index (χ3n) is 10.9. The van der Waals surface area contributed by atoms with Crippen LogP contribution in [0.25, 0.3) is 0 Å². The first-order valence-electron chi connectivity index (χ1n) is 13.2. The molecule has 0 unspecified atom stereocenters. The summed E-state index contributed by atoms with van der Waals surface area (Å²) in [5.41, 5.74) is 1.26. The van der Waals surface area contributed by atoms with E-state index in [4.69, 9.17) is 4.74 Å². The minimum absolute atomic E-state index is 0.0566. The molecule has 1 aromatic carbocycles. The van der Waals surface area contributed by atoms with Gasteiger partial charge < -0.3 is 9.84 Å². The lowest BCUT2D eigenvalue weighted by Crippen LogP contribution is -2.57. The van der Waals surface area contributed by atoms with Gasteiger partial charge in [0, 0.05) is 6.92 Å². The zero-order chi connectivity index (χ0) is 22.6. The van der Waals surface area contributed by atoms with Crippen LogP contribution in [0.3, 0.4) is 0 Å². The second-order valence-electron chi connectivity index (χ2n) is 12.2. The van der Waals surface area contributed by atoms with Crippen molar-refractivity contribution in [1.29, 1.82) is 0 Å². The molecule has 0 saturated heterocycles. The third-order valence-corrected chi connectivity index (χ3v) is 10.9. The highest BCUT2D eigenvalue weighted by molar-refractivity contribution is 5.66. The molecule has 0 aromatic heterocycles. The van der Waals surface area contributed by atoms with Gasteiger partial charge in [-0.15, -0.1) is 0 Å². The van der Waals surface area contributed by atoms with Crippen LogP contribution < -0.4 is 0 Å². The molecule has 32 heavy (non-hydrogen) atoms. The zero-order valence-electron chi connectivity index (χ0n) is 20.3. The summed E-state index contributed by atoms with van der Waals surface area (Å²) in [6.45, 7) is 6.53. The number of benzene rings is 1. The van der Waals surface area contributed by atoms with Crippen molar-refractivity contribution in [1.82, 2.24) is 0 Å². The van der Waals surface area contributed by atoms with Gasteiger partial charge in [-0.25, -0.2) is 0 Å². The van der Waals surface area contributed by atoms with Gasteiger partial charge in [-0.1, -0.05) is 44.2 Å². The van der Waals surface area contributed by atoms with Crippen molar-refractivity contribution in [3.8, 4) is 0 Å². The first kappa shape index (κ1) is 22.4. The van der Waals surface area contributed by atoms with Crippen LogP contribution >= 0.6 is 0 Å². The van der Waals surface area contributed by atoms with Crippen LogP contribution in [0.1, 0.15) is 90.5 Å². The van der Waals surface area contributed by atoms with Crippen molar-refractivity contribution in [3.05, 3.63) is 35.9 Å². The molecule has 4 aliphatic carbocycles. The molecular formula is C29H42O3. The molecule has 4 aliphatic rings. The minimum atomic E-state index is -0.525. The summed E-state index contributed by atoms with van der Waals surface area (Å²) in [5, 5.41) is 12.0. The third kappa shape index (κ3) is 3.54. The number of hydrogen-bond donors (Lipinski definition) is 1. The number of aryl methyl sites for hydroxylation is 1. The first-order valence-corrected chi connectivity index (χ1v) is 13.2. The highest BCUT2D eigenvalue weighted by atomic mass is 16.5. The molecule has 3 heteroatoms. The predicted octanol–water partition coefficient (Wildman–Crippen LogP) is 6.32. The monoisotopic (exact) mass is 438 g/mol. The van der Waals surface area contributed by atoms with Gasteiger partial charge in [0.2, 0.25) is 0 Å². The number of rotatable bonds is 4. The summed E-state index contributed by atoms with van der Waals surface area (Å²) in [6.07, 6.45) is 12.4. The Bertz CT molecular complexity index is 836. The first-order chi connectivity index (χ1) is 15.3. The van der Waals surface area contributed by atoms with E-state index in [0.717, 1.165) is 43.9 Å². The molecule has 4 saturated carbocycles. The smallest absolute Gasteiger partial charge is 0.302 e. The van der Waals surface area contributed by atoms with Crippen molar-refractivity contribution >= 4 is 5.97 Å². The van der Waals surface area contributed by atoms with Crippen LogP contribution in [0, 0.1) is 34.5 Å². The van der Waals surface area contributed by atoms with E-state index >= 15 is 0 Å². The van der Waals surface area contributed by atoms with Crippen LogP contribution in [0.5, 0.6) is 0 Å². The van der Waals surface area contributed by atoms with Crippen molar-refractivity contribution in [2.24, 2.45) is 34.5 Å². The van der Waals surface area contributed by atoms with Crippen LogP contribution in [-0.4, -0.2) is 22.8 Å². The molecule has 0 aliphatic heterocycles. The van der Waals surface area contributed by atoms with Crippen molar-refractivity contribution < 1.29 is 14.6 Å². The molecule has 0 heterocycles. The van der Waals surface area contributed by atoms with E-state index in [2.05, 4.69) is 44.2 Å². The summed E-state index contributed by atoms with van der Waals surface area (Å²) in [6, 6.07) is 10.7. The summed E-state index contributed by atoms with van der Waals surface area (Å²) in [5.74, 6) is 2.75. The van der Waals surface area contributed by atoms with Gasteiger partial charge in [-0.05, 0) is 111 Å². The van der Waals surface area contributed by atoms with E-state index in [1.54, 1.807) is 6.92 Å². The van der Waals surface area contributed by atoms with E-state index < -0.39 is 5.60 Å². The zero-order valence-corrected chi connectivity index (χ0v) is 20.3. The van der Waals surface area contributed by atoms with Crippen LogP contribution in [0.15, 0.2) is 30.3 Å². The summed E-state index contributed by atoms with van der Waals surface area (Å²) in [4.78, 5) is 11.5. The van der Waals surface area contributed by atoms with E-state index in [1.165, 1.54) is 44.1 Å². The van der Waals surface area contributed by atoms with Crippen LogP contribution in [-0.2, 0) is 16.0 Å².